The summed E-state index contributed by atoms with van der Waals surface area (Å²) in [4.78, 5) is 0. The lowest BCUT2D eigenvalue weighted by molar-refractivity contribution is 0.160. The van der Waals surface area contributed by atoms with E-state index in [0.29, 0.717) is 6.42 Å². The number of aryl methyl sites for hydroxylation is 1. The highest BCUT2D eigenvalue weighted by atomic mass is 16.5. The van der Waals surface area contributed by atoms with Crippen LogP contribution in [0.4, 0.5) is 0 Å². The zero-order valence-corrected chi connectivity index (χ0v) is 8.94. The van der Waals surface area contributed by atoms with Gasteiger partial charge in [-0.15, -0.1) is 0 Å². The number of ether oxygens (including phenoxy) is 1. The molecule has 3 N–H and O–H groups in total. The zero-order valence-electron chi connectivity index (χ0n) is 8.94. The van der Waals surface area contributed by atoms with Crippen LogP contribution in [-0.4, -0.2) is 18.3 Å². The van der Waals surface area contributed by atoms with E-state index < -0.39 is 6.10 Å². The quantitative estimate of drug-likeness (QED) is 0.684. The van der Waals surface area contributed by atoms with Gasteiger partial charge in [-0.3, -0.25) is 0 Å². The largest absolute Gasteiger partial charge is 0.497 e. The maximum Gasteiger partial charge on any atom is 0.119 e. The smallest absolute Gasteiger partial charge is 0.119 e. The summed E-state index contributed by atoms with van der Waals surface area (Å²) in [6.07, 6.45) is 2.07. The fourth-order valence-corrected chi connectivity index (χ4v) is 2.12. The molecule has 0 saturated carbocycles. The van der Waals surface area contributed by atoms with Crippen molar-refractivity contribution in [3.8, 4) is 5.75 Å². The van der Waals surface area contributed by atoms with Crippen molar-refractivity contribution in [2.45, 2.75) is 31.4 Å². The van der Waals surface area contributed by atoms with E-state index in [4.69, 9.17) is 10.5 Å². The van der Waals surface area contributed by atoms with Crippen LogP contribution in [0.1, 0.15) is 30.1 Å². The van der Waals surface area contributed by atoms with E-state index in [-0.39, 0.29) is 6.04 Å². The van der Waals surface area contributed by atoms with Gasteiger partial charge in [-0.2, -0.15) is 0 Å². The molecule has 1 aliphatic rings. The van der Waals surface area contributed by atoms with Gasteiger partial charge in [0, 0.05) is 6.04 Å². The predicted octanol–water partition coefficient (Wildman–Crippen LogP) is 1.39. The Hall–Kier alpha value is -1.06. The molecule has 1 aromatic carbocycles. The van der Waals surface area contributed by atoms with Gasteiger partial charge in [0.15, 0.2) is 0 Å². The number of hydrogen-bond donors (Lipinski definition) is 2. The fraction of sp³-hybridized carbons (Fsp3) is 0.500. The minimum Gasteiger partial charge on any atom is -0.497 e. The Labute approximate surface area is 89.9 Å². The lowest BCUT2D eigenvalue weighted by Gasteiger charge is -2.13. The summed E-state index contributed by atoms with van der Waals surface area (Å²) in [5, 5.41) is 9.95. The normalized spacial score (nSPS) is 25.5. The van der Waals surface area contributed by atoms with Crippen molar-refractivity contribution < 1.29 is 9.84 Å². The highest BCUT2D eigenvalue weighted by Gasteiger charge is 2.20. The van der Waals surface area contributed by atoms with Crippen LogP contribution in [0.25, 0.3) is 0 Å². The second kappa shape index (κ2) is 4.21. The molecular formula is C12H17NO2. The van der Waals surface area contributed by atoms with E-state index in [9.17, 15) is 5.11 Å². The number of aliphatic hydroxyl groups is 1. The molecule has 0 saturated heterocycles. The monoisotopic (exact) mass is 207 g/mol. The molecule has 82 valence electrons. The molecule has 0 fully saturated rings. The number of benzene rings is 1. The molecule has 1 aromatic rings. The Balaban J connectivity index is 2.35. The van der Waals surface area contributed by atoms with Crippen molar-refractivity contribution in [1.82, 2.24) is 0 Å². The number of hydrogen-bond acceptors (Lipinski definition) is 3. The van der Waals surface area contributed by atoms with Crippen molar-refractivity contribution in [2.75, 3.05) is 7.11 Å². The molecule has 0 aromatic heterocycles. The molecule has 2 atom stereocenters. The van der Waals surface area contributed by atoms with Crippen LogP contribution in [0, 0.1) is 0 Å². The highest BCUT2D eigenvalue weighted by Crippen LogP contribution is 2.30. The maximum atomic E-state index is 9.95. The van der Waals surface area contributed by atoms with Crippen LogP contribution in [0.3, 0.4) is 0 Å². The van der Waals surface area contributed by atoms with E-state index >= 15 is 0 Å². The number of methoxy groups -OCH3 is 1. The first-order valence-corrected chi connectivity index (χ1v) is 5.31. The number of fused-ring (bicyclic) bond motifs is 1. The average molecular weight is 207 g/mol. The molecule has 0 heterocycles. The van der Waals surface area contributed by atoms with Gasteiger partial charge in [-0.1, -0.05) is 6.07 Å². The molecule has 2 rings (SSSR count). The SMILES string of the molecule is COc1ccc2c(c1)CC[C@H](N)C[C@H]2O. The lowest BCUT2D eigenvalue weighted by atomic mass is 10.0. The van der Waals surface area contributed by atoms with Gasteiger partial charge < -0.3 is 15.6 Å². The Morgan fingerprint density at radius 3 is 3.00 bits per heavy atom. The first kappa shape index (κ1) is 10.5. The summed E-state index contributed by atoms with van der Waals surface area (Å²) in [6.45, 7) is 0. The lowest BCUT2D eigenvalue weighted by Crippen LogP contribution is -2.21. The van der Waals surface area contributed by atoms with Crippen molar-refractivity contribution in [2.24, 2.45) is 5.73 Å². The summed E-state index contributed by atoms with van der Waals surface area (Å²) in [5.41, 5.74) is 8.05. The van der Waals surface area contributed by atoms with Gasteiger partial charge in [-0.25, -0.2) is 0 Å². The van der Waals surface area contributed by atoms with Gasteiger partial charge in [-0.05, 0) is 42.5 Å². The van der Waals surface area contributed by atoms with Gasteiger partial charge >= 0.3 is 0 Å². The van der Waals surface area contributed by atoms with E-state index in [2.05, 4.69) is 0 Å². The molecule has 0 spiro atoms. The van der Waals surface area contributed by atoms with Crippen LogP contribution in [0.15, 0.2) is 18.2 Å². The van der Waals surface area contributed by atoms with Crippen molar-refractivity contribution in [1.29, 1.82) is 0 Å². The topological polar surface area (TPSA) is 55.5 Å². The molecule has 0 unspecified atom stereocenters. The minimum absolute atomic E-state index is 0.0957. The van der Waals surface area contributed by atoms with Crippen molar-refractivity contribution in [3.05, 3.63) is 29.3 Å². The summed E-state index contributed by atoms with van der Waals surface area (Å²) < 4.78 is 5.17. The Morgan fingerprint density at radius 1 is 1.47 bits per heavy atom. The zero-order chi connectivity index (χ0) is 10.8. The van der Waals surface area contributed by atoms with Gasteiger partial charge in [0.2, 0.25) is 0 Å². The van der Waals surface area contributed by atoms with E-state index in [1.807, 2.05) is 18.2 Å². The Kier molecular flexibility index (Phi) is 2.93. The molecule has 0 radical (unpaired) electrons. The number of rotatable bonds is 1. The standard InChI is InChI=1S/C12H17NO2/c1-15-10-4-5-11-8(6-10)2-3-9(13)7-12(11)14/h4-6,9,12,14H,2-3,7,13H2,1H3/t9-,12+/m0/s1. The summed E-state index contributed by atoms with van der Waals surface area (Å²) in [6, 6.07) is 5.92. The van der Waals surface area contributed by atoms with Gasteiger partial charge in [0.1, 0.15) is 5.75 Å². The molecular weight excluding hydrogens is 190 g/mol. The second-order valence-corrected chi connectivity index (χ2v) is 4.11. The van der Waals surface area contributed by atoms with E-state index in [1.54, 1.807) is 7.11 Å². The Bertz CT molecular complexity index is 351. The first-order valence-electron chi connectivity index (χ1n) is 5.31. The third-order valence-corrected chi connectivity index (χ3v) is 3.02. The maximum absolute atomic E-state index is 9.95. The highest BCUT2D eigenvalue weighted by molar-refractivity contribution is 5.37. The molecule has 3 nitrogen and oxygen atoms in total. The van der Waals surface area contributed by atoms with E-state index in [1.165, 1.54) is 0 Å². The van der Waals surface area contributed by atoms with Crippen LogP contribution in [0.2, 0.25) is 0 Å². The summed E-state index contributed by atoms with van der Waals surface area (Å²) >= 11 is 0. The average Bonchev–Trinajstić information content (AvgIpc) is 2.38. The fourth-order valence-electron chi connectivity index (χ4n) is 2.12. The third kappa shape index (κ3) is 2.13. The van der Waals surface area contributed by atoms with Gasteiger partial charge in [0.25, 0.3) is 0 Å². The molecule has 3 heteroatoms. The van der Waals surface area contributed by atoms with Gasteiger partial charge in [0.05, 0.1) is 13.2 Å². The van der Waals surface area contributed by atoms with Crippen molar-refractivity contribution >= 4 is 0 Å². The third-order valence-electron chi connectivity index (χ3n) is 3.02. The molecule has 0 aliphatic heterocycles. The van der Waals surface area contributed by atoms with Crippen LogP contribution < -0.4 is 10.5 Å². The van der Waals surface area contributed by atoms with Crippen LogP contribution in [-0.2, 0) is 6.42 Å². The number of nitrogens with two attached hydrogens (primary N) is 1. The number of aliphatic hydroxyl groups excluding tert-OH is 1. The summed E-state index contributed by atoms with van der Waals surface area (Å²) in [7, 11) is 1.65. The first-order chi connectivity index (χ1) is 7.20. The second-order valence-electron chi connectivity index (χ2n) is 4.11. The molecule has 1 aliphatic carbocycles. The predicted molar refractivity (Wildman–Crippen MR) is 58.9 cm³/mol. The van der Waals surface area contributed by atoms with Crippen LogP contribution in [0.5, 0.6) is 5.75 Å². The Morgan fingerprint density at radius 2 is 2.27 bits per heavy atom. The minimum atomic E-state index is -0.427. The molecule has 0 amide bonds. The molecule has 15 heavy (non-hydrogen) atoms. The summed E-state index contributed by atoms with van der Waals surface area (Å²) in [5.74, 6) is 0.844. The van der Waals surface area contributed by atoms with Crippen LogP contribution >= 0.6 is 0 Å². The van der Waals surface area contributed by atoms with E-state index in [0.717, 1.165) is 29.7 Å². The molecule has 0 bridgehead atoms. The van der Waals surface area contributed by atoms with Crippen molar-refractivity contribution in [3.63, 3.8) is 0 Å².